The third-order valence-electron chi connectivity index (χ3n) is 6.99. The molecule has 0 saturated heterocycles. The van der Waals surface area contributed by atoms with Crippen LogP contribution in [-0.4, -0.2) is 27.9 Å². The molecule has 0 atom stereocenters. The fourth-order valence-corrected chi connectivity index (χ4v) is 4.98. The van der Waals surface area contributed by atoms with Gasteiger partial charge in [0.25, 0.3) is 11.2 Å². The first-order valence-electron chi connectivity index (χ1n) is 13.6. The lowest BCUT2D eigenvalue weighted by Gasteiger charge is -2.17. The van der Waals surface area contributed by atoms with Gasteiger partial charge in [-0.15, -0.1) is 0 Å². The van der Waals surface area contributed by atoms with Gasteiger partial charge in [-0.25, -0.2) is 4.98 Å². The van der Waals surface area contributed by atoms with E-state index in [9.17, 15) is 14.9 Å². The van der Waals surface area contributed by atoms with Gasteiger partial charge in [-0.1, -0.05) is 49.7 Å². The first-order valence-corrected chi connectivity index (χ1v) is 13.9. The Morgan fingerprint density at radius 1 is 1.05 bits per heavy atom. The number of nitro benzene ring substituents is 1. The second-order valence-electron chi connectivity index (χ2n) is 10.3. The molecule has 5 rings (SSSR count). The molecule has 0 spiro atoms. The summed E-state index contributed by atoms with van der Waals surface area (Å²) in [6.07, 6.45) is 1.54. The summed E-state index contributed by atoms with van der Waals surface area (Å²) < 4.78 is 12.7. The van der Waals surface area contributed by atoms with Crippen LogP contribution in [0.3, 0.4) is 0 Å². The van der Waals surface area contributed by atoms with Crippen LogP contribution in [0.1, 0.15) is 42.0 Å². The number of non-ortho nitro benzene ring substituents is 1. The minimum Gasteiger partial charge on any atom is -0.496 e. The van der Waals surface area contributed by atoms with Gasteiger partial charge in [0.05, 0.1) is 34.2 Å². The predicted molar refractivity (Wildman–Crippen MR) is 169 cm³/mol. The van der Waals surface area contributed by atoms with Gasteiger partial charge in [-0.3, -0.25) is 14.9 Å². The molecule has 0 radical (unpaired) electrons. The molecule has 0 aliphatic rings. The molecule has 0 amide bonds. The fraction of sp³-hybridized carbons (Fsp3) is 0.182. The lowest BCUT2D eigenvalue weighted by Crippen LogP contribution is -2.20. The van der Waals surface area contributed by atoms with Crippen molar-refractivity contribution in [2.24, 2.45) is 5.10 Å². The van der Waals surface area contributed by atoms with Crippen LogP contribution >= 0.6 is 11.6 Å². The number of aryl methyl sites for hydroxylation is 1. The number of fused-ring (bicyclic) bond motifs is 1. The van der Waals surface area contributed by atoms with Gasteiger partial charge in [-0.2, -0.15) is 9.78 Å². The van der Waals surface area contributed by atoms with Crippen molar-refractivity contribution < 1.29 is 14.4 Å². The summed E-state index contributed by atoms with van der Waals surface area (Å²) >= 11 is 6.50. The van der Waals surface area contributed by atoms with Crippen molar-refractivity contribution in [3.63, 3.8) is 0 Å². The Morgan fingerprint density at radius 3 is 2.56 bits per heavy atom. The number of ether oxygens (including phenoxy) is 2. The lowest BCUT2D eigenvalue weighted by molar-refractivity contribution is -0.384. The normalized spacial score (nSPS) is 11.4. The molecule has 4 aromatic carbocycles. The van der Waals surface area contributed by atoms with Crippen LogP contribution < -0.4 is 15.0 Å². The largest absolute Gasteiger partial charge is 0.496 e. The Hall–Kier alpha value is -5.02. The maximum Gasteiger partial charge on any atom is 0.282 e. The van der Waals surface area contributed by atoms with Crippen molar-refractivity contribution in [2.45, 2.75) is 33.3 Å². The van der Waals surface area contributed by atoms with E-state index in [2.05, 4.69) is 18.9 Å². The van der Waals surface area contributed by atoms with Crippen molar-refractivity contribution >= 4 is 34.4 Å². The van der Waals surface area contributed by atoms with E-state index in [4.69, 9.17) is 26.1 Å². The Bertz CT molecular complexity index is 1930. The standard InChI is InChI=1S/C33H29ClN4O5/c1-20(2)26-17-27(21(3)14-31(26)42-4)32-36-29-11-6-5-10-25(29)33(39)37(32)35-18-22-12-13-30(28(34)16-22)43-19-23-8-7-9-24(15-23)38(40)41/h5-18,20H,19H2,1-4H3. The van der Waals surface area contributed by atoms with Gasteiger partial charge in [0.1, 0.15) is 18.1 Å². The summed E-state index contributed by atoms with van der Waals surface area (Å²) in [6, 6.07) is 22.5. The van der Waals surface area contributed by atoms with Crippen LogP contribution in [0.25, 0.3) is 22.3 Å². The lowest BCUT2D eigenvalue weighted by atomic mass is 9.96. The Labute approximate surface area is 253 Å². The number of hydrogen-bond acceptors (Lipinski definition) is 7. The topological polar surface area (TPSA) is 109 Å². The van der Waals surface area contributed by atoms with E-state index in [0.717, 1.165) is 22.4 Å². The second kappa shape index (κ2) is 12.5. The van der Waals surface area contributed by atoms with Crippen LogP contribution in [0.15, 0.2) is 88.8 Å². The van der Waals surface area contributed by atoms with Crippen LogP contribution in [0.2, 0.25) is 5.02 Å². The number of nitro groups is 1. The van der Waals surface area contributed by atoms with E-state index in [1.165, 1.54) is 16.8 Å². The molecular formula is C33H29ClN4O5. The molecule has 1 heterocycles. The second-order valence-corrected chi connectivity index (χ2v) is 10.7. The highest BCUT2D eigenvalue weighted by atomic mass is 35.5. The SMILES string of the molecule is COc1cc(C)c(-c2nc3ccccc3c(=O)n2N=Cc2ccc(OCc3cccc([N+](=O)[O-])c3)c(Cl)c2)cc1C(C)C. The molecule has 0 bridgehead atoms. The van der Waals surface area contributed by atoms with Crippen LogP contribution in [0.5, 0.6) is 11.5 Å². The van der Waals surface area contributed by atoms with E-state index in [1.54, 1.807) is 55.8 Å². The summed E-state index contributed by atoms with van der Waals surface area (Å²) in [5.41, 5.74) is 4.18. The average Bonchev–Trinajstić information content (AvgIpc) is 3.00. The maximum absolute atomic E-state index is 13.7. The van der Waals surface area contributed by atoms with Crippen LogP contribution in [0, 0.1) is 17.0 Å². The molecular weight excluding hydrogens is 568 g/mol. The Morgan fingerprint density at radius 2 is 1.84 bits per heavy atom. The first-order chi connectivity index (χ1) is 20.7. The number of rotatable bonds is 9. The quantitative estimate of drug-likeness (QED) is 0.0988. The smallest absolute Gasteiger partial charge is 0.282 e. The molecule has 9 nitrogen and oxygen atoms in total. The van der Waals surface area contributed by atoms with Crippen molar-refractivity contribution in [2.75, 3.05) is 7.11 Å². The zero-order chi connectivity index (χ0) is 30.7. The summed E-state index contributed by atoms with van der Waals surface area (Å²) in [6.45, 7) is 6.22. The molecule has 0 saturated carbocycles. The molecule has 10 heteroatoms. The number of methoxy groups -OCH3 is 1. The highest BCUT2D eigenvalue weighted by Gasteiger charge is 2.18. The first kappa shape index (κ1) is 29.5. The summed E-state index contributed by atoms with van der Waals surface area (Å²) in [7, 11) is 1.64. The van der Waals surface area contributed by atoms with E-state index in [0.29, 0.717) is 38.6 Å². The highest BCUT2D eigenvalue weighted by Crippen LogP contribution is 2.34. The van der Waals surface area contributed by atoms with Gasteiger partial charge in [-0.05, 0) is 77.6 Å². The molecule has 5 aromatic rings. The average molecular weight is 597 g/mol. The minimum atomic E-state index is -0.453. The number of halogens is 1. The summed E-state index contributed by atoms with van der Waals surface area (Å²) in [5, 5.41) is 16.4. The summed E-state index contributed by atoms with van der Waals surface area (Å²) in [4.78, 5) is 29.2. The van der Waals surface area contributed by atoms with Gasteiger partial charge in [0.2, 0.25) is 0 Å². The molecule has 0 fully saturated rings. The number of aromatic nitrogens is 2. The molecule has 0 aliphatic heterocycles. The monoisotopic (exact) mass is 596 g/mol. The molecule has 0 unspecified atom stereocenters. The maximum atomic E-state index is 13.7. The molecule has 218 valence electrons. The van der Waals surface area contributed by atoms with Crippen LogP contribution in [-0.2, 0) is 6.61 Å². The van der Waals surface area contributed by atoms with E-state index in [1.807, 2.05) is 31.2 Å². The minimum absolute atomic E-state index is 0.0122. The number of benzene rings is 4. The number of nitrogens with zero attached hydrogens (tertiary/aromatic N) is 4. The van der Waals surface area contributed by atoms with Crippen molar-refractivity contribution in [1.29, 1.82) is 0 Å². The van der Waals surface area contributed by atoms with Gasteiger partial charge >= 0.3 is 0 Å². The Balaban J connectivity index is 1.51. The molecule has 0 aliphatic carbocycles. The molecule has 1 aromatic heterocycles. The highest BCUT2D eigenvalue weighted by molar-refractivity contribution is 6.32. The fourth-order valence-electron chi connectivity index (χ4n) is 4.73. The van der Waals surface area contributed by atoms with Gasteiger partial charge < -0.3 is 9.47 Å². The van der Waals surface area contributed by atoms with Gasteiger partial charge in [0.15, 0.2) is 5.82 Å². The molecule has 43 heavy (non-hydrogen) atoms. The van der Waals surface area contributed by atoms with Gasteiger partial charge in [0, 0.05) is 17.7 Å². The van der Waals surface area contributed by atoms with E-state index >= 15 is 0 Å². The predicted octanol–water partition coefficient (Wildman–Crippen LogP) is 7.53. The zero-order valence-corrected chi connectivity index (χ0v) is 24.8. The van der Waals surface area contributed by atoms with E-state index in [-0.39, 0.29) is 23.8 Å². The van der Waals surface area contributed by atoms with Crippen molar-refractivity contribution in [3.8, 4) is 22.9 Å². The zero-order valence-electron chi connectivity index (χ0n) is 24.1. The third kappa shape index (κ3) is 6.27. The Kier molecular flexibility index (Phi) is 8.54. The van der Waals surface area contributed by atoms with Crippen molar-refractivity contribution in [1.82, 2.24) is 9.66 Å². The number of para-hydroxylation sites is 1. The van der Waals surface area contributed by atoms with E-state index < -0.39 is 4.92 Å². The van der Waals surface area contributed by atoms with Crippen LogP contribution in [0.4, 0.5) is 5.69 Å². The third-order valence-corrected chi connectivity index (χ3v) is 7.28. The molecule has 0 N–H and O–H groups in total. The van der Waals surface area contributed by atoms with Crippen molar-refractivity contribution in [3.05, 3.63) is 127 Å². The number of hydrogen-bond donors (Lipinski definition) is 0. The summed E-state index contributed by atoms with van der Waals surface area (Å²) in [5.74, 6) is 1.77.